The van der Waals surface area contributed by atoms with Gasteiger partial charge in [0.05, 0.1) is 11.4 Å². The number of pyridine rings is 1. The predicted octanol–water partition coefficient (Wildman–Crippen LogP) is 3.47. The lowest BCUT2D eigenvalue weighted by atomic mass is 9.89. The van der Waals surface area contributed by atoms with Crippen LogP contribution in [-0.4, -0.2) is 44.0 Å². The molecule has 3 aromatic rings. The quantitative estimate of drug-likeness (QED) is 0.695. The van der Waals surface area contributed by atoms with Gasteiger partial charge in [0.15, 0.2) is 0 Å². The Morgan fingerprint density at radius 1 is 1.21 bits per heavy atom. The van der Waals surface area contributed by atoms with Crippen LogP contribution in [0.3, 0.4) is 0 Å². The Morgan fingerprint density at radius 3 is 2.71 bits per heavy atom. The summed E-state index contributed by atoms with van der Waals surface area (Å²) in [5.74, 6) is 1.45. The highest BCUT2D eigenvalue weighted by Crippen LogP contribution is 2.33. The number of likely N-dealkylation sites (tertiary alicyclic amines) is 1. The number of aryl methyl sites for hydroxylation is 3. The van der Waals surface area contributed by atoms with Gasteiger partial charge in [-0.1, -0.05) is 5.16 Å². The molecule has 3 aromatic heterocycles. The van der Waals surface area contributed by atoms with Crippen LogP contribution in [0.25, 0.3) is 11.1 Å². The first kappa shape index (κ1) is 18.3. The van der Waals surface area contributed by atoms with Gasteiger partial charge in [0.25, 0.3) is 5.91 Å². The van der Waals surface area contributed by atoms with Crippen LogP contribution in [0.15, 0.2) is 35.2 Å². The first-order chi connectivity index (χ1) is 13.5. The molecule has 0 saturated carbocycles. The normalized spacial score (nSPS) is 17.0. The molecular formula is C21H23N5O2. The number of hydrogen-bond donors (Lipinski definition) is 0. The molecule has 0 radical (unpaired) electrons. The van der Waals surface area contributed by atoms with Crippen molar-refractivity contribution in [2.24, 2.45) is 0 Å². The van der Waals surface area contributed by atoms with Gasteiger partial charge in [-0.15, -0.1) is 0 Å². The highest BCUT2D eigenvalue weighted by atomic mass is 16.5. The molecule has 28 heavy (non-hydrogen) atoms. The Bertz CT molecular complexity index is 980. The topological polar surface area (TPSA) is 85.0 Å². The average Bonchev–Trinajstić information content (AvgIpc) is 3.06. The maximum atomic E-state index is 13.1. The third-order valence-corrected chi connectivity index (χ3v) is 5.27. The minimum absolute atomic E-state index is 0.0165. The fraction of sp³-hybridized carbons (Fsp3) is 0.381. The largest absolute Gasteiger partial charge is 0.361 e. The van der Waals surface area contributed by atoms with Crippen LogP contribution in [0, 0.1) is 20.8 Å². The zero-order valence-electron chi connectivity index (χ0n) is 16.3. The molecule has 0 bridgehead atoms. The van der Waals surface area contributed by atoms with Gasteiger partial charge in [-0.3, -0.25) is 9.78 Å². The van der Waals surface area contributed by atoms with Crippen molar-refractivity contribution >= 4 is 5.91 Å². The van der Waals surface area contributed by atoms with E-state index in [1.165, 1.54) is 0 Å². The lowest BCUT2D eigenvalue weighted by Crippen LogP contribution is -2.39. The highest BCUT2D eigenvalue weighted by Gasteiger charge is 2.30. The van der Waals surface area contributed by atoms with Crippen LogP contribution in [0.5, 0.6) is 0 Å². The van der Waals surface area contributed by atoms with Gasteiger partial charge in [0.2, 0.25) is 0 Å². The van der Waals surface area contributed by atoms with Crippen molar-refractivity contribution in [1.82, 2.24) is 25.0 Å². The molecule has 1 atom stereocenters. The molecule has 0 spiro atoms. The molecule has 4 heterocycles. The second kappa shape index (κ2) is 7.50. The monoisotopic (exact) mass is 377 g/mol. The van der Waals surface area contributed by atoms with E-state index in [1.54, 1.807) is 26.2 Å². The van der Waals surface area contributed by atoms with Crippen LogP contribution < -0.4 is 0 Å². The van der Waals surface area contributed by atoms with Crippen molar-refractivity contribution in [3.05, 3.63) is 59.3 Å². The molecule has 4 rings (SSSR count). The summed E-state index contributed by atoms with van der Waals surface area (Å²) in [5.41, 5.74) is 4.26. The van der Waals surface area contributed by atoms with E-state index >= 15 is 0 Å². The lowest BCUT2D eigenvalue weighted by molar-refractivity contribution is 0.0703. The minimum Gasteiger partial charge on any atom is -0.361 e. The van der Waals surface area contributed by atoms with E-state index in [1.807, 2.05) is 30.2 Å². The van der Waals surface area contributed by atoms with Crippen LogP contribution in [-0.2, 0) is 0 Å². The number of nitrogens with zero attached hydrogens (tertiary/aromatic N) is 5. The Kier molecular flexibility index (Phi) is 4.90. The van der Waals surface area contributed by atoms with E-state index in [2.05, 4.69) is 15.1 Å². The van der Waals surface area contributed by atoms with Gasteiger partial charge in [-0.05, 0) is 51.3 Å². The predicted molar refractivity (Wildman–Crippen MR) is 104 cm³/mol. The van der Waals surface area contributed by atoms with Crippen molar-refractivity contribution in [2.75, 3.05) is 13.1 Å². The number of carbonyl (C=O) groups excluding carboxylic acids is 1. The molecule has 1 aliphatic rings. The first-order valence-electron chi connectivity index (χ1n) is 9.50. The zero-order chi connectivity index (χ0) is 19.7. The van der Waals surface area contributed by atoms with Crippen molar-refractivity contribution in [3.8, 4) is 11.1 Å². The van der Waals surface area contributed by atoms with Crippen molar-refractivity contribution in [2.45, 2.75) is 39.5 Å². The number of rotatable bonds is 3. The third-order valence-electron chi connectivity index (χ3n) is 5.27. The van der Waals surface area contributed by atoms with E-state index in [9.17, 15) is 4.79 Å². The molecule has 7 nitrogen and oxygen atoms in total. The van der Waals surface area contributed by atoms with Gasteiger partial charge in [-0.25, -0.2) is 9.97 Å². The first-order valence-corrected chi connectivity index (χ1v) is 9.50. The molecule has 144 valence electrons. The summed E-state index contributed by atoms with van der Waals surface area (Å²) < 4.78 is 5.19. The van der Waals surface area contributed by atoms with Gasteiger partial charge in [0.1, 0.15) is 17.1 Å². The minimum atomic E-state index is -0.0165. The maximum Gasteiger partial charge on any atom is 0.259 e. The summed E-state index contributed by atoms with van der Waals surface area (Å²) >= 11 is 0. The second-order valence-electron chi connectivity index (χ2n) is 7.24. The standard InChI is InChI=1S/C21H23N5O2/c1-13-19(14(2)28-25-13)21(27)26-10-4-5-17(12-26)20-18(11-23-15(3)24-20)16-6-8-22-9-7-16/h6-9,11,17H,4-5,10,12H2,1-3H3. The second-order valence-corrected chi connectivity index (χ2v) is 7.24. The Balaban J connectivity index is 1.65. The van der Waals surface area contributed by atoms with E-state index in [0.717, 1.165) is 42.0 Å². The van der Waals surface area contributed by atoms with Gasteiger partial charge >= 0.3 is 0 Å². The van der Waals surface area contributed by atoms with Crippen LogP contribution >= 0.6 is 0 Å². The SMILES string of the molecule is Cc1ncc(-c2ccncc2)c(C2CCCN(C(=O)c3c(C)noc3C)C2)n1. The van der Waals surface area contributed by atoms with Crippen LogP contribution in [0.4, 0.5) is 0 Å². The maximum absolute atomic E-state index is 13.1. The number of amides is 1. The van der Waals surface area contributed by atoms with E-state index < -0.39 is 0 Å². The van der Waals surface area contributed by atoms with E-state index in [4.69, 9.17) is 9.51 Å². The molecule has 1 saturated heterocycles. The molecule has 1 amide bonds. The van der Waals surface area contributed by atoms with Gasteiger partial charge in [0, 0.05) is 43.2 Å². The lowest BCUT2D eigenvalue weighted by Gasteiger charge is -2.33. The summed E-state index contributed by atoms with van der Waals surface area (Å²) in [6.45, 7) is 6.84. The molecule has 1 aliphatic heterocycles. The summed E-state index contributed by atoms with van der Waals surface area (Å²) in [6.07, 6.45) is 7.33. The smallest absolute Gasteiger partial charge is 0.259 e. The third kappa shape index (κ3) is 3.40. The zero-order valence-corrected chi connectivity index (χ0v) is 16.3. The number of piperidine rings is 1. The molecule has 1 unspecified atom stereocenters. The van der Waals surface area contributed by atoms with Gasteiger partial charge < -0.3 is 9.42 Å². The Hall–Kier alpha value is -3.09. The van der Waals surface area contributed by atoms with E-state index in [0.29, 0.717) is 23.6 Å². The fourth-order valence-electron chi connectivity index (χ4n) is 3.88. The molecule has 0 aliphatic carbocycles. The summed E-state index contributed by atoms with van der Waals surface area (Å²) in [4.78, 5) is 28.2. The molecular weight excluding hydrogens is 354 g/mol. The number of hydrogen-bond acceptors (Lipinski definition) is 6. The fourth-order valence-corrected chi connectivity index (χ4v) is 3.88. The van der Waals surface area contributed by atoms with Crippen molar-refractivity contribution < 1.29 is 9.32 Å². The van der Waals surface area contributed by atoms with E-state index in [-0.39, 0.29) is 11.8 Å². The number of carbonyl (C=O) groups is 1. The van der Waals surface area contributed by atoms with Crippen LogP contribution in [0.2, 0.25) is 0 Å². The molecule has 7 heteroatoms. The summed E-state index contributed by atoms with van der Waals surface area (Å²) in [5, 5.41) is 3.93. The summed E-state index contributed by atoms with van der Waals surface area (Å²) in [7, 11) is 0. The van der Waals surface area contributed by atoms with Crippen molar-refractivity contribution in [1.29, 1.82) is 0 Å². The van der Waals surface area contributed by atoms with Crippen LogP contribution in [0.1, 0.15) is 52.1 Å². The molecule has 0 aromatic carbocycles. The summed E-state index contributed by atoms with van der Waals surface area (Å²) in [6, 6.07) is 3.93. The average molecular weight is 377 g/mol. The molecule has 0 N–H and O–H groups in total. The number of aromatic nitrogens is 4. The molecule has 1 fully saturated rings. The Labute approximate surface area is 163 Å². The van der Waals surface area contributed by atoms with Gasteiger partial charge in [-0.2, -0.15) is 0 Å². The highest BCUT2D eigenvalue weighted by molar-refractivity contribution is 5.96. The van der Waals surface area contributed by atoms with Crippen molar-refractivity contribution in [3.63, 3.8) is 0 Å². The Morgan fingerprint density at radius 2 is 2.00 bits per heavy atom.